The van der Waals surface area contributed by atoms with Crippen LogP contribution in [-0.4, -0.2) is 17.3 Å². The Kier molecular flexibility index (Phi) is 6.57. The van der Waals surface area contributed by atoms with Gasteiger partial charge in [-0.15, -0.1) is 0 Å². The predicted molar refractivity (Wildman–Crippen MR) is 59.6 cm³/mol. The lowest BCUT2D eigenvalue weighted by Gasteiger charge is -2.16. The van der Waals surface area contributed by atoms with Crippen LogP contribution in [0, 0.1) is 0 Å². The van der Waals surface area contributed by atoms with Gasteiger partial charge in [0.1, 0.15) is 0 Å². The molecular formula is C11H17F3N2O. The number of hydrogen-bond acceptors (Lipinski definition) is 3. The molecule has 0 amide bonds. The van der Waals surface area contributed by atoms with Crippen LogP contribution in [0.5, 0.6) is 5.88 Å². The van der Waals surface area contributed by atoms with Crippen LogP contribution < -0.4 is 10.5 Å². The highest BCUT2D eigenvalue weighted by atomic mass is 19.4. The molecule has 1 unspecified atom stereocenters. The van der Waals surface area contributed by atoms with E-state index in [2.05, 4.69) is 9.72 Å². The third-order valence-electron chi connectivity index (χ3n) is 1.79. The Morgan fingerprint density at radius 1 is 1.35 bits per heavy atom. The lowest BCUT2D eigenvalue weighted by molar-refractivity contribution is -0.189. The van der Waals surface area contributed by atoms with Gasteiger partial charge in [0.05, 0.1) is 0 Å². The Morgan fingerprint density at radius 3 is 2.29 bits per heavy atom. The summed E-state index contributed by atoms with van der Waals surface area (Å²) in [6, 6.07) is 2.94. The summed E-state index contributed by atoms with van der Waals surface area (Å²) >= 11 is 0. The normalized spacial score (nSPS) is 12.4. The number of hydrogen-bond donors (Lipinski definition) is 1. The lowest BCUT2D eigenvalue weighted by Crippen LogP contribution is -2.31. The number of nitrogens with zero attached hydrogens (tertiary/aromatic N) is 1. The quantitative estimate of drug-likeness (QED) is 0.897. The van der Waals surface area contributed by atoms with Gasteiger partial charge in [-0.3, -0.25) is 0 Å². The molecule has 1 rings (SSSR count). The zero-order valence-electron chi connectivity index (χ0n) is 10.1. The molecule has 17 heavy (non-hydrogen) atoms. The fraction of sp³-hybridized carbons (Fsp3) is 0.545. The Bertz CT molecular complexity index is 311. The minimum Gasteiger partial charge on any atom is -0.465 e. The van der Waals surface area contributed by atoms with Gasteiger partial charge in [-0.05, 0) is 12.5 Å². The summed E-state index contributed by atoms with van der Waals surface area (Å²) in [4.78, 5) is 3.70. The van der Waals surface area contributed by atoms with Crippen molar-refractivity contribution in [2.75, 3.05) is 0 Å². The van der Waals surface area contributed by atoms with Gasteiger partial charge in [-0.1, -0.05) is 19.9 Å². The summed E-state index contributed by atoms with van der Waals surface area (Å²) in [5.41, 5.74) is 6.05. The van der Waals surface area contributed by atoms with E-state index in [-0.39, 0.29) is 5.88 Å². The van der Waals surface area contributed by atoms with E-state index in [1.165, 1.54) is 12.3 Å². The second-order valence-electron chi connectivity index (χ2n) is 3.01. The Balaban J connectivity index is 0.00000121. The highest BCUT2D eigenvalue weighted by Crippen LogP contribution is 2.23. The van der Waals surface area contributed by atoms with E-state index < -0.39 is 12.3 Å². The molecule has 0 aliphatic carbocycles. The fourth-order valence-electron chi connectivity index (χ4n) is 0.849. The monoisotopic (exact) mass is 250 g/mol. The van der Waals surface area contributed by atoms with Crippen molar-refractivity contribution in [1.29, 1.82) is 0 Å². The third-order valence-corrected chi connectivity index (χ3v) is 1.79. The molecular weight excluding hydrogens is 233 g/mol. The SMILES string of the molecule is CC.CC(Oc1ccc(CN)cn1)C(F)(F)F. The predicted octanol–water partition coefficient (Wildman–Crippen LogP) is 2.90. The van der Waals surface area contributed by atoms with Crippen LogP contribution in [-0.2, 0) is 6.54 Å². The zero-order chi connectivity index (χ0) is 13.5. The van der Waals surface area contributed by atoms with Gasteiger partial charge in [-0.2, -0.15) is 13.2 Å². The average Bonchev–Trinajstić information content (AvgIpc) is 2.31. The highest BCUT2D eigenvalue weighted by molar-refractivity contribution is 5.17. The molecule has 1 aromatic rings. The summed E-state index contributed by atoms with van der Waals surface area (Å²) in [5, 5.41) is 0. The maximum absolute atomic E-state index is 12.1. The summed E-state index contributed by atoms with van der Waals surface area (Å²) in [7, 11) is 0. The topological polar surface area (TPSA) is 48.1 Å². The van der Waals surface area contributed by atoms with E-state index in [4.69, 9.17) is 5.73 Å². The zero-order valence-corrected chi connectivity index (χ0v) is 10.1. The molecule has 0 aliphatic rings. The van der Waals surface area contributed by atoms with Crippen molar-refractivity contribution < 1.29 is 17.9 Å². The number of ether oxygens (including phenoxy) is 1. The van der Waals surface area contributed by atoms with Gasteiger partial charge in [0, 0.05) is 18.8 Å². The van der Waals surface area contributed by atoms with Gasteiger partial charge < -0.3 is 10.5 Å². The van der Waals surface area contributed by atoms with Crippen molar-refractivity contribution >= 4 is 0 Å². The average molecular weight is 250 g/mol. The molecule has 0 aromatic carbocycles. The molecule has 1 atom stereocenters. The molecule has 3 nitrogen and oxygen atoms in total. The van der Waals surface area contributed by atoms with Crippen molar-refractivity contribution in [2.24, 2.45) is 5.73 Å². The highest BCUT2D eigenvalue weighted by Gasteiger charge is 2.38. The van der Waals surface area contributed by atoms with E-state index in [9.17, 15) is 13.2 Å². The minimum absolute atomic E-state index is 0.0583. The fourth-order valence-corrected chi connectivity index (χ4v) is 0.849. The third kappa shape index (κ3) is 5.53. The summed E-state index contributed by atoms with van der Waals surface area (Å²) in [6.07, 6.45) is -4.86. The summed E-state index contributed by atoms with van der Waals surface area (Å²) in [5.74, 6) is -0.0583. The van der Waals surface area contributed by atoms with Crippen LogP contribution in [0.4, 0.5) is 13.2 Å². The smallest absolute Gasteiger partial charge is 0.425 e. The largest absolute Gasteiger partial charge is 0.465 e. The molecule has 2 N–H and O–H groups in total. The van der Waals surface area contributed by atoms with Crippen LogP contribution in [0.3, 0.4) is 0 Å². The van der Waals surface area contributed by atoms with Crippen LogP contribution >= 0.6 is 0 Å². The molecule has 0 aliphatic heterocycles. The van der Waals surface area contributed by atoms with Crippen molar-refractivity contribution in [3.8, 4) is 5.88 Å². The standard InChI is InChI=1S/C9H11F3N2O.C2H6/c1-6(9(10,11)12)15-8-3-2-7(4-13)5-14-8;1-2/h2-3,5-6H,4,13H2,1H3;1-2H3. The van der Waals surface area contributed by atoms with E-state index in [0.29, 0.717) is 6.54 Å². The Labute approximate surface area is 98.8 Å². The maximum atomic E-state index is 12.1. The van der Waals surface area contributed by atoms with Gasteiger partial charge in [0.15, 0.2) is 6.10 Å². The molecule has 0 radical (unpaired) electrons. The first-order valence-corrected chi connectivity index (χ1v) is 5.32. The summed E-state index contributed by atoms with van der Waals surface area (Å²) < 4.78 is 40.9. The molecule has 1 aromatic heterocycles. The Morgan fingerprint density at radius 2 is 1.94 bits per heavy atom. The first-order valence-electron chi connectivity index (χ1n) is 5.32. The minimum atomic E-state index is -4.38. The number of alkyl halides is 3. The van der Waals surface area contributed by atoms with Crippen molar-refractivity contribution in [3.05, 3.63) is 23.9 Å². The molecule has 6 heteroatoms. The first-order chi connectivity index (χ1) is 7.93. The molecule has 0 saturated carbocycles. The van der Waals surface area contributed by atoms with E-state index >= 15 is 0 Å². The van der Waals surface area contributed by atoms with Gasteiger partial charge in [-0.25, -0.2) is 4.98 Å². The molecule has 0 bridgehead atoms. The van der Waals surface area contributed by atoms with E-state index in [1.807, 2.05) is 13.8 Å². The molecule has 1 heterocycles. The second-order valence-corrected chi connectivity index (χ2v) is 3.01. The maximum Gasteiger partial charge on any atom is 0.425 e. The molecule has 0 saturated heterocycles. The molecule has 98 valence electrons. The van der Waals surface area contributed by atoms with Crippen molar-refractivity contribution in [3.63, 3.8) is 0 Å². The summed E-state index contributed by atoms with van der Waals surface area (Å²) in [6.45, 7) is 5.22. The van der Waals surface area contributed by atoms with E-state index in [0.717, 1.165) is 12.5 Å². The van der Waals surface area contributed by atoms with Crippen molar-refractivity contribution in [1.82, 2.24) is 4.98 Å². The number of aromatic nitrogens is 1. The van der Waals surface area contributed by atoms with Crippen molar-refractivity contribution in [2.45, 2.75) is 39.6 Å². The number of pyridine rings is 1. The van der Waals surface area contributed by atoms with Crippen LogP contribution in [0.2, 0.25) is 0 Å². The van der Waals surface area contributed by atoms with Gasteiger partial charge >= 0.3 is 6.18 Å². The number of nitrogens with two attached hydrogens (primary N) is 1. The van der Waals surface area contributed by atoms with Gasteiger partial charge in [0.2, 0.25) is 5.88 Å². The van der Waals surface area contributed by atoms with Crippen LogP contribution in [0.1, 0.15) is 26.3 Å². The Hall–Kier alpha value is -1.30. The van der Waals surface area contributed by atoms with Gasteiger partial charge in [0.25, 0.3) is 0 Å². The number of rotatable bonds is 3. The second kappa shape index (κ2) is 7.11. The lowest BCUT2D eigenvalue weighted by atomic mass is 10.3. The van der Waals surface area contributed by atoms with Crippen LogP contribution in [0.25, 0.3) is 0 Å². The molecule has 0 spiro atoms. The molecule has 0 fully saturated rings. The first kappa shape index (κ1) is 15.7. The van der Waals surface area contributed by atoms with E-state index in [1.54, 1.807) is 6.07 Å². The van der Waals surface area contributed by atoms with Crippen LogP contribution in [0.15, 0.2) is 18.3 Å². The number of halogens is 3.